The summed E-state index contributed by atoms with van der Waals surface area (Å²) in [6.07, 6.45) is 0. The van der Waals surface area contributed by atoms with Gasteiger partial charge in [-0.3, -0.25) is 19.7 Å². The van der Waals surface area contributed by atoms with Gasteiger partial charge in [-0.1, -0.05) is 11.6 Å². The average Bonchev–Trinajstić information content (AvgIpc) is 2.30. The molecule has 0 atom stereocenters. The number of benzene rings is 1. The van der Waals surface area contributed by atoms with Gasteiger partial charge in [0.25, 0.3) is 0 Å². The lowest BCUT2D eigenvalue weighted by Gasteiger charge is -2.18. The molecule has 0 aliphatic carbocycles. The number of halogens is 1. The number of H-pyrrole nitrogens is 2. The fourth-order valence-electron chi connectivity index (χ4n) is 1.53. The molecule has 1 amide bonds. The van der Waals surface area contributed by atoms with Crippen LogP contribution in [0.3, 0.4) is 0 Å². The van der Waals surface area contributed by atoms with Crippen LogP contribution in [0, 0.1) is 0 Å². The van der Waals surface area contributed by atoms with Gasteiger partial charge in [0, 0.05) is 11.9 Å². The Hall–Kier alpha value is -2.41. The van der Waals surface area contributed by atoms with Crippen molar-refractivity contribution >= 4 is 29.1 Å². The second kappa shape index (κ2) is 5.07. The quantitative estimate of drug-likeness (QED) is 0.850. The summed E-state index contributed by atoms with van der Waals surface area (Å²) in [6, 6.07) is 6.31. The molecule has 1 aromatic carbocycles. The van der Waals surface area contributed by atoms with Gasteiger partial charge in [0.05, 0.1) is 5.69 Å². The van der Waals surface area contributed by atoms with Crippen LogP contribution < -0.4 is 16.3 Å². The van der Waals surface area contributed by atoms with Crippen molar-refractivity contribution in [3.63, 3.8) is 0 Å². The van der Waals surface area contributed by atoms with Crippen molar-refractivity contribution in [2.45, 2.75) is 6.92 Å². The van der Waals surface area contributed by atoms with Crippen LogP contribution in [0.1, 0.15) is 6.92 Å². The smallest absolute Gasteiger partial charge is 0.277 e. The second-order valence-electron chi connectivity index (χ2n) is 3.65. The summed E-state index contributed by atoms with van der Waals surface area (Å²) in [5.74, 6) is -0.556. The van der Waals surface area contributed by atoms with Crippen LogP contribution in [0.4, 0.5) is 11.6 Å². The van der Waals surface area contributed by atoms with E-state index in [1.54, 1.807) is 24.3 Å². The van der Waals surface area contributed by atoms with Gasteiger partial charge in [-0.2, -0.15) is 4.98 Å². The molecule has 0 saturated carbocycles. The first kappa shape index (κ1) is 13.0. The molecule has 0 spiro atoms. The predicted molar refractivity (Wildman–Crippen MR) is 69.8 cm³/mol. The Bertz CT molecular complexity index is 691. The fourth-order valence-corrected chi connectivity index (χ4v) is 1.66. The second-order valence-corrected chi connectivity index (χ2v) is 4.09. The third-order valence-corrected chi connectivity index (χ3v) is 2.52. The number of aromatic amines is 2. The van der Waals surface area contributed by atoms with Crippen molar-refractivity contribution < 1.29 is 4.79 Å². The third kappa shape index (κ3) is 2.89. The molecule has 0 bridgehead atoms. The van der Waals surface area contributed by atoms with Crippen LogP contribution >= 0.6 is 11.6 Å². The fraction of sp³-hybridized carbons (Fsp3) is 0.0909. The molecule has 2 rings (SSSR count). The largest absolute Gasteiger partial charge is 0.352 e. The maximum atomic E-state index is 11.7. The SMILES string of the molecule is CC(=O)N(c1ccc(Cl)cc1)c1nc(=O)[nH]c(=O)[nH]1. The number of amides is 1. The van der Waals surface area contributed by atoms with E-state index in [-0.39, 0.29) is 5.95 Å². The Balaban J connectivity index is 2.57. The minimum atomic E-state index is -0.834. The van der Waals surface area contributed by atoms with Gasteiger partial charge in [-0.25, -0.2) is 9.59 Å². The molecular weight excluding hydrogens is 272 g/mol. The number of carbonyl (C=O) groups excluding carboxylic acids is 1. The van der Waals surface area contributed by atoms with Gasteiger partial charge in [0.1, 0.15) is 0 Å². The molecule has 1 heterocycles. The highest BCUT2D eigenvalue weighted by Crippen LogP contribution is 2.22. The van der Waals surface area contributed by atoms with Crippen LogP contribution in [-0.4, -0.2) is 20.9 Å². The van der Waals surface area contributed by atoms with E-state index in [4.69, 9.17) is 11.6 Å². The number of nitrogens with one attached hydrogen (secondary N) is 2. The number of rotatable bonds is 2. The number of carbonyl (C=O) groups is 1. The van der Waals surface area contributed by atoms with Gasteiger partial charge in [-0.05, 0) is 24.3 Å². The monoisotopic (exact) mass is 280 g/mol. The standard InChI is InChI=1S/C11H9ClN4O3/c1-6(17)16(8-4-2-7(12)3-5-8)9-13-10(18)15-11(19)14-9/h2-5H,1H3,(H2,13,14,15,18,19). The van der Waals surface area contributed by atoms with Gasteiger partial charge < -0.3 is 0 Å². The lowest BCUT2D eigenvalue weighted by atomic mass is 10.3. The first-order valence-corrected chi connectivity index (χ1v) is 5.62. The zero-order valence-electron chi connectivity index (χ0n) is 9.81. The van der Waals surface area contributed by atoms with Gasteiger partial charge in [0.2, 0.25) is 11.9 Å². The summed E-state index contributed by atoms with van der Waals surface area (Å²) in [4.78, 5) is 42.9. The highest BCUT2D eigenvalue weighted by molar-refractivity contribution is 6.30. The van der Waals surface area contributed by atoms with Crippen molar-refractivity contribution in [1.29, 1.82) is 0 Å². The number of anilines is 2. The number of nitrogens with zero attached hydrogens (tertiary/aromatic N) is 2. The summed E-state index contributed by atoms with van der Waals surface area (Å²) in [5.41, 5.74) is -1.14. The van der Waals surface area contributed by atoms with Crippen LogP contribution in [0.15, 0.2) is 33.9 Å². The lowest BCUT2D eigenvalue weighted by Crippen LogP contribution is -2.33. The summed E-state index contributed by atoms with van der Waals surface area (Å²) >= 11 is 5.76. The van der Waals surface area contributed by atoms with E-state index in [0.29, 0.717) is 10.7 Å². The molecule has 0 aliphatic rings. The maximum absolute atomic E-state index is 11.7. The molecule has 0 fully saturated rings. The lowest BCUT2D eigenvalue weighted by molar-refractivity contribution is -0.115. The van der Waals surface area contributed by atoms with Gasteiger partial charge in [-0.15, -0.1) is 0 Å². The molecule has 19 heavy (non-hydrogen) atoms. The molecule has 2 N–H and O–H groups in total. The van der Waals surface area contributed by atoms with E-state index in [1.807, 2.05) is 4.98 Å². The number of aromatic nitrogens is 3. The molecular formula is C11H9ClN4O3. The first-order valence-electron chi connectivity index (χ1n) is 5.24. The molecule has 0 radical (unpaired) electrons. The van der Waals surface area contributed by atoms with E-state index >= 15 is 0 Å². The number of hydrogen-bond acceptors (Lipinski definition) is 4. The van der Waals surface area contributed by atoms with Crippen LogP contribution in [0.2, 0.25) is 5.02 Å². The molecule has 7 nitrogen and oxygen atoms in total. The minimum Gasteiger partial charge on any atom is -0.277 e. The normalized spacial score (nSPS) is 10.2. The van der Waals surface area contributed by atoms with E-state index in [1.165, 1.54) is 6.92 Å². The first-order chi connectivity index (χ1) is 8.97. The third-order valence-electron chi connectivity index (χ3n) is 2.26. The highest BCUT2D eigenvalue weighted by Gasteiger charge is 2.17. The van der Waals surface area contributed by atoms with Crippen molar-refractivity contribution in [3.8, 4) is 0 Å². The minimum absolute atomic E-state index is 0.149. The molecule has 98 valence electrons. The molecule has 0 unspecified atom stereocenters. The molecule has 0 saturated heterocycles. The highest BCUT2D eigenvalue weighted by atomic mass is 35.5. The molecule has 8 heteroatoms. The van der Waals surface area contributed by atoms with Crippen LogP contribution in [-0.2, 0) is 4.79 Å². The van der Waals surface area contributed by atoms with Crippen LogP contribution in [0.5, 0.6) is 0 Å². The molecule has 1 aromatic heterocycles. The summed E-state index contributed by atoms with van der Waals surface area (Å²) in [5, 5.41) is 0.500. The Morgan fingerprint density at radius 3 is 2.37 bits per heavy atom. The summed E-state index contributed by atoms with van der Waals surface area (Å²) in [6.45, 7) is 1.29. The number of hydrogen-bond donors (Lipinski definition) is 2. The Labute approximate surface area is 111 Å². The van der Waals surface area contributed by atoms with Crippen molar-refractivity contribution in [1.82, 2.24) is 15.0 Å². The van der Waals surface area contributed by atoms with Crippen molar-refractivity contribution in [3.05, 3.63) is 50.3 Å². The maximum Gasteiger partial charge on any atom is 0.352 e. The van der Waals surface area contributed by atoms with Crippen LogP contribution in [0.25, 0.3) is 0 Å². The van der Waals surface area contributed by atoms with Crippen molar-refractivity contribution in [2.75, 3.05) is 4.90 Å². The Kier molecular flexibility index (Phi) is 3.48. The molecule has 0 aliphatic heterocycles. The zero-order chi connectivity index (χ0) is 14.0. The van der Waals surface area contributed by atoms with Gasteiger partial charge in [0.15, 0.2) is 0 Å². The topological polar surface area (TPSA) is 98.9 Å². The van der Waals surface area contributed by atoms with Crippen molar-refractivity contribution in [2.24, 2.45) is 0 Å². The van der Waals surface area contributed by atoms with Gasteiger partial charge >= 0.3 is 11.4 Å². The van der Waals surface area contributed by atoms with E-state index < -0.39 is 17.3 Å². The Morgan fingerprint density at radius 1 is 1.21 bits per heavy atom. The van der Waals surface area contributed by atoms with E-state index in [0.717, 1.165) is 4.90 Å². The Morgan fingerprint density at radius 2 is 1.84 bits per heavy atom. The average molecular weight is 281 g/mol. The summed E-state index contributed by atoms with van der Waals surface area (Å²) in [7, 11) is 0. The summed E-state index contributed by atoms with van der Waals surface area (Å²) < 4.78 is 0. The predicted octanol–water partition coefficient (Wildman–Crippen LogP) is 0.796. The zero-order valence-corrected chi connectivity index (χ0v) is 10.6. The van der Waals surface area contributed by atoms with E-state index in [9.17, 15) is 14.4 Å². The molecule has 2 aromatic rings. The van der Waals surface area contributed by atoms with E-state index in [2.05, 4.69) is 9.97 Å².